The van der Waals surface area contributed by atoms with Crippen molar-refractivity contribution in [3.05, 3.63) is 47.5 Å². The number of guanidine groups is 1. The van der Waals surface area contributed by atoms with Crippen molar-refractivity contribution in [2.75, 3.05) is 46.9 Å². The van der Waals surface area contributed by atoms with Crippen molar-refractivity contribution in [1.29, 1.82) is 0 Å². The standard InChI is InChI=1S/C20H30N4O2.HI/c1-15(2)12-21-20(22-13-19(25)23(4)5)24-10-11-26-18(14-24)17-9-7-6-8-16(17)3;/h6-9,18H,1,10-14H2,2-5H3,(H,21,22);1H. The Bertz CT molecular complexity index is 676. The lowest BCUT2D eigenvalue weighted by Crippen LogP contribution is -2.49. The maximum Gasteiger partial charge on any atom is 0.243 e. The first-order valence-corrected chi connectivity index (χ1v) is 8.93. The molecule has 150 valence electrons. The van der Waals surface area contributed by atoms with Gasteiger partial charge in [0.05, 0.1) is 13.2 Å². The molecule has 0 aromatic heterocycles. The molecule has 1 unspecified atom stereocenters. The van der Waals surface area contributed by atoms with E-state index >= 15 is 0 Å². The molecule has 2 rings (SSSR count). The molecular weight excluding hydrogens is 455 g/mol. The van der Waals surface area contributed by atoms with E-state index in [2.05, 4.69) is 40.8 Å². The van der Waals surface area contributed by atoms with E-state index < -0.39 is 0 Å². The number of nitrogens with zero attached hydrogens (tertiary/aromatic N) is 3. The largest absolute Gasteiger partial charge is 0.370 e. The molecule has 1 aliphatic heterocycles. The van der Waals surface area contributed by atoms with Crippen LogP contribution in [0.25, 0.3) is 0 Å². The highest BCUT2D eigenvalue weighted by molar-refractivity contribution is 14.0. The van der Waals surface area contributed by atoms with Crippen molar-refractivity contribution in [2.45, 2.75) is 20.0 Å². The van der Waals surface area contributed by atoms with Crippen LogP contribution < -0.4 is 5.32 Å². The fourth-order valence-electron chi connectivity index (χ4n) is 2.76. The number of halogens is 1. The second kappa shape index (κ2) is 11.3. The van der Waals surface area contributed by atoms with E-state index in [1.54, 1.807) is 19.0 Å². The van der Waals surface area contributed by atoms with E-state index in [-0.39, 0.29) is 42.5 Å². The molecule has 1 atom stereocenters. The highest BCUT2D eigenvalue weighted by Crippen LogP contribution is 2.25. The van der Waals surface area contributed by atoms with Crippen LogP contribution in [0.1, 0.15) is 24.2 Å². The lowest BCUT2D eigenvalue weighted by Gasteiger charge is -2.36. The number of aliphatic imine (C=N–C) groups is 1. The quantitative estimate of drug-likeness (QED) is 0.301. The van der Waals surface area contributed by atoms with Gasteiger partial charge in [0.1, 0.15) is 12.6 Å². The predicted octanol–water partition coefficient (Wildman–Crippen LogP) is 2.60. The van der Waals surface area contributed by atoms with Crippen LogP contribution in [0.15, 0.2) is 41.4 Å². The monoisotopic (exact) mass is 486 g/mol. The lowest BCUT2D eigenvalue weighted by atomic mass is 10.0. The zero-order chi connectivity index (χ0) is 19.1. The number of rotatable bonds is 5. The molecular formula is C20H31IN4O2. The molecule has 1 saturated heterocycles. The molecule has 7 heteroatoms. The van der Waals surface area contributed by atoms with Gasteiger partial charge in [0.15, 0.2) is 5.96 Å². The van der Waals surface area contributed by atoms with Crippen LogP contribution in [0.2, 0.25) is 0 Å². The van der Waals surface area contributed by atoms with Gasteiger partial charge >= 0.3 is 0 Å². The molecule has 6 nitrogen and oxygen atoms in total. The fourth-order valence-corrected chi connectivity index (χ4v) is 2.76. The molecule has 1 amide bonds. The maximum atomic E-state index is 11.9. The van der Waals surface area contributed by atoms with Crippen LogP contribution in [-0.4, -0.2) is 68.5 Å². The van der Waals surface area contributed by atoms with Crippen LogP contribution in [0.4, 0.5) is 0 Å². The average Bonchev–Trinajstić information content (AvgIpc) is 2.61. The van der Waals surface area contributed by atoms with Crippen LogP contribution >= 0.6 is 24.0 Å². The number of carbonyl (C=O) groups is 1. The third-order valence-corrected chi connectivity index (χ3v) is 4.31. The number of ether oxygens (including phenoxy) is 1. The van der Waals surface area contributed by atoms with E-state index in [0.717, 1.165) is 18.1 Å². The van der Waals surface area contributed by atoms with Crippen molar-refractivity contribution in [3.8, 4) is 0 Å². The van der Waals surface area contributed by atoms with Crippen LogP contribution in [0.5, 0.6) is 0 Å². The molecule has 27 heavy (non-hydrogen) atoms. The van der Waals surface area contributed by atoms with Crippen LogP contribution in [0.3, 0.4) is 0 Å². The van der Waals surface area contributed by atoms with E-state index in [1.165, 1.54) is 11.1 Å². The zero-order valence-electron chi connectivity index (χ0n) is 16.7. The molecule has 1 heterocycles. The van der Waals surface area contributed by atoms with Gasteiger partial charge in [-0.25, -0.2) is 4.99 Å². The molecule has 0 radical (unpaired) electrons. The summed E-state index contributed by atoms with van der Waals surface area (Å²) in [6.07, 6.45) is -0.00803. The number of carbonyl (C=O) groups excluding carboxylic acids is 1. The molecule has 0 saturated carbocycles. The smallest absolute Gasteiger partial charge is 0.243 e. The van der Waals surface area contributed by atoms with E-state index in [0.29, 0.717) is 19.7 Å². The SMILES string of the molecule is C=C(C)CNC(=NCC(=O)N(C)C)N1CCOC(c2ccccc2C)C1.I. The number of hydrogen-bond acceptors (Lipinski definition) is 3. The highest BCUT2D eigenvalue weighted by atomic mass is 127. The first kappa shape index (κ1) is 23.4. The van der Waals surface area contributed by atoms with Crippen molar-refractivity contribution in [3.63, 3.8) is 0 Å². The minimum Gasteiger partial charge on any atom is -0.370 e. The maximum absolute atomic E-state index is 11.9. The van der Waals surface area contributed by atoms with Crippen molar-refractivity contribution in [1.82, 2.24) is 15.1 Å². The first-order valence-electron chi connectivity index (χ1n) is 8.93. The Hall–Kier alpha value is -1.61. The number of benzene rings is 1. The summed E-state index contributed by atoms with van der Waals surface area (Å²) in [5, 5.41) is 3.32. The van der Waals surface area contributed by atoms with Gasteiger partial charge in [-0.1, -0.05) is 36.4 Å². The second-order valence-electron chi connectivity index (χ2n) is 6.90. The van der Waals surface area contributed by atoms with Gasteiger partial charge in [0.2, 0.25) is 5.91 Å². The topological polar surface area (TPSA) is 57.2 Å². The molecule has 1 N–H and O–H groups in total. The third-order valence-electron chi connectivity index (χ3n) is 4.31. The van der Waals surface area contributed by atoms with E-state index in [1.807, 2.05) is 19.1 Å². The molecule has 0 aliphatic carbocycles. The van der Waals surface area contributed by atoms with Crippen molar-refractivity contribution < 1.29 is 9.53 Å². The fraction of sp³-hybridized carbons (Fsp3) is 0.500. The molecule has 1 aliphatic rings. The van der Waals surface area contributed by atoms with Gasteiger partial charge in [-0.15, -0.1) is 24.0 Å². The summed E-state index contributed by atoms with van der Waals surface area (Å²) in [5.41, 5.74) is 3.43. The number of hydrogen-bond donors (Lipinski definition) is 1. The minimum atomic E-state index is -0.0247. The van der Waals surface area contributed by atoms with Crippen molar-refractivity contribution in [2.24, 2.45) is 4.99 Å². The summed E-state index contributed by atoms with van der Waals surface area (Å²) >= 11 is 0. The summed E-state index contributed by atoms with van der Waals surface area (Å²) in [6.45, 7) is 10.8. The van der Waals surface area contributed by atoms with Gasteiger partial charge in [-0.3, -0.25) is 4.79 Å². The summed E-state index contributed by atoms with van der Waals surface area (Å²) in [7, 11) is 3.48. The first-order chi connectivity index (χ1) is 12.4. The Morgan fingerprint density at radius 3 is 2.74 bits per heavy atom. The van der Waals surface area contributed by atoms with E-state index in [4.69, 9.17) is 4.74 Å². The molecule has 1 aromatic carbocycles. The Morgan fingerprint density at radius 1 is 1.41 bits per heavy atom. The number of amides is 1. The molecule has 1 aromatic rings. The normalized spacial score (nSPS) is 17.1. The Kier molecular flexibility index (Phi) is 9.79. The van der Waals surface area contributed by atoms with Crippen LogP contribution in [0, 0.1) is 6.92 Å². The average molecular weight is 486 g/mol. The third kappa shape index (κ3) is 7.14. The molecule has 0 bridgehead atoms. The second-order valence-corrected chi connectivity index (χ2v) is 6.90. The van der Waals surface area contributed by atoms with Crippen LogP contribution in [-0.2, 0) is 9.53 Å². The van der Waals surface area contributed by atoms with Gasteiger partial charge in [0.25, 0.3) is 0 Å². The predicted molar refractivity (Wildman–Crippen MR) is 121 cm³/mol. The Balaban J connectivity index is 0.00000364. The summed E-state index contributed by atoms with van der Waals surface area (Å²) in [5.74, 6) is 0.702. The molecule has 0 spiro atoms. The number of aryl methyl sites for hydroxylation is 1. The van der Waals surface area contributed by atoms with Gasteiger partial charge < -0.3 is 19.9 Å². The lowest BCUT2D eigenvalue weighted by molar-refractivity contribution is -0.127. The van der Waals surface area contributed by atoms with E-state index in [9.17, 15) is 4.79 Å². The number of morpholine rings is 1. The van der Waals surface area contributed by atoms with Gasteiger partial charge in [-0.2, -0.15) is 0 Å². The zero-order valence-corrected chi connectivity index (χ0v) is 19.0. The molecule has 1 fully saturated rings. The highest BCUT2D eigenvalue weighted by Gasteiger charge is 2.25. The summed E-state index contributed by atoms with van der Waals surface area (Å²) in [6, 6.07) is 8.28. The summed E-state index contributed by atoms with van der Waals surface area (Å²) in [4.78, 5) is 20.2. The minimum absolute atomic E-state index is 0. The van der Waals surface area contributed by atoms with Crippen molar-refractivity contribution >= 4 is 35.8 Å². The Labute approximate surface area is 179 Å². The number of likely N-dealkylation sites (N-methyl/N-ethyl adjacent to an activating group) is 1. The van der Waals surface area contributed by atoms with Gasteiger partial charge in [0, 0.05) is 27.2 Å². The summed E-state index contributed by atoms with van der Waals surface area (Å²) < 4.78 is 6.00. The number of nitrogens with one attached hydrogen (secondary N) is 1. The Morgan fingerprint density at radius 2 is 2.11 bits per heavy atom. The van der Waals surface area contributed by atoms with Gasteiger partial charge in [-0.05, 0) is 25.0 Å².